The van der Waals surface area contributed by atoms with Gasteiger partial charge in [0.2, 0.25) is 12.3 Å². The summed E-state index contributed by atoms with van der Waals surface area (Å²) < 4.78 is 0. The summed E-state index contributed by atoms with van der Waals surface area (Å²) in [5, 5.41) is 4.55. The fraction of sp³-hybridized carbons (Fsp3) is 0.636. The van der Waals surface area contributed by atoms with Gasteiger partial charge in [-0.2, -0.15) is 12.6 Å². The quantitative estimate of drug-likeness (QED) is 0.310. The first-order chi connectivity index (χ1) is 9.06. The van der Waals surface area contributed by atoms with Gasteiger partial charge in [0.25, 0.3) is 0 Å². The van der Waals surface area contributed by atoms with Crippen LogP contribution in [0.3, 0.4) is 0 Å². The predicted octanol–water partition coefficient (Wildman–Crippen LogP) is -1.34. The normalized spacial score (nSPS) is 12.2. The van der Waals surface area contributed by atoms with Crippen molar-refractivity contribution in [3.05, 3.63) is 0 Å². The van der Waals surface area contributed by atoms with E-state index in [-0.39, 0.29) is 18.3 Å². The first kappa shape index (κ1) is 19.9. The van der Waals surface area contributed by atoms with Crippen molar-refractivity contribution in [1.82, 2.24) is 10.6 Å². The molecule has 2 unspecified atom stereocenters. The van der Waals surface area contributed by atoms with Crippen molar-refractivity contribution in [2.24, 2.45) is 5.73 Å². The SMILES string of the molecule is CCCC(N)C=O.O=CCNC(=O)C(CS)NC=O. The summed E-state index contributed by atoms with van der Waals surface area (Å²) in [5.74, 6) is -0.215. The van der Waals surface area contributed by atoms with Crippen LogP contribution in [0.4, 0.5) is 0 Å². The fourth-order valence-electron chi connectivity index (χ4n) is 0.960. The molecule has 0 fully saturated rings. The van der Waals surface area contributed by atoms with Crippen molar-refractivity contribution in [1.29, 1.82) is 0 Å². The maximum absolute atomic E-state index is 11.0. The van der Waals surface area contributed by atoms with Gasteiger partial charge in [-0.15, -0.1) is 0 Å². The Morgan fingerprint density at radius 3 is 2.32 bits per heavy atom. The number of rotatable bonds is 9. The van der Waals surface area contributed by atoms with E-state index < -0.39 is 11.9 Å². The second-order valence-electron chi connectivity index (χ2n) is 3.52. The van der Waals surface area contributed by atoms with Gasteiger partial charge in [-0.25, -0.2) is 0 Å². The van der Waals surface area contributed by atoms with Crippen LogP contribution in [-0.4, -0.2) is 49.3 Å². The molecule has 0 aromatic rings. The van der Waals surface area contributed by atoms with Crippen molar-refractivity contribution >= 4 is 37.5 Å². The maximum Gasteiger partial charge on any atom is 0.243 e. The van der Waals surface area contributed by atoms with Crippen LogP contribution in [0.25, 0.3) is 0 Å². The molecule has 2 atom stereocenters. The summed E-state index contributed by atoms with van der Waals surface area (Å²) >= 11 is 3.84. The lowest BCUT2D eigenvalue weighted by Gasteiger charge is -2.11. The van der Waals surface area contributed by atoms with Crippen LogP contribution in [-0.2, 0) is 19.2 Å². The number of thiol groups is 1. The van der Waals surface area contributed by atoms with Gasteiger partial charge in [0.15, 0.2) is 0 Å². The van der Waals surface area contributed by atoms with Crippen molar-refractivity contribution in [3.63, 3.8) is 0 Å². The van der Waals surface area contributed by atoms with Crippen LogP contribution in [0, 0.1) is 0 Å². The first-order valence-electron chi connectivity index (χ1n) is 5.80. The molecule has 0 saturated heterocycles. The predicted molar refractivity (Wildman–Crippen MR) is 74.9 cm³/mol. The van der Waals surface area contributed by atoms with Crippen LogP contribution in [0.5, 0.6) is 0 Å². The van der Waals surface area contributed by atoms with Gasteiger partial charge in [0.1, 0.15) is 18.6 Å². The lowest BCUT2D eigenvalue weighted by atomic mass is 10.2. The van der Waals surface area contributed by atoms with E-state index in [1.54, 1.807) is 0 Å². The number of hydrogen-bond donors (Lipinski definition) is 4. The first-order valence-corrected chi connectivity index (χ1v) is 6.43. The molecule has 4 N–H and O–H groups in total. The number of aldehydes is 2. The minimum absolute atomic E-state index is 0.0519. The number of carbonyl (C=O) groups excluding carboxylic acids is 4. The molecule has 8 heteroatoms. The van der Waals surface area contributed by atoms with Crippen molar-refractivity contribution < 1.29 is 19.2 Å². The van der Waals surface area contributed by atoms with Crippen LogP contribution in [0.2, 0.25) is 0 Å². The number of nitrogens with two attached hydrogens (primary N) is 1. The zero-order valence-electron chi connectivity index (χ0n) is 10.9. The van der Waals surface area contributed by atoms with Crippen molar-refractivity contribution in [3.8, 4) is 0 Å². The summed E-state index contributed by atoms with van der Waals surface area (Å²) in [6.07, 6.45) is 3.56. The molecule has 0 aromatic carbocycles. The molecule has 0 heterocycles. The second kappa shape index (κ2) is 14.7. The summed E-state index contributed by atoms with van der Waals surface area (Å²) in [6.45, 7) is 1.95. The molecule has 0 radical (unpaired) electrons. The summed E-state index contributed by atoms with van der Waals surface area (Å²) in [7, 11) is 0. The highest BCUT2D eigenvalue weighted by molar-refractivity contribution is 7.80. The monoisotopic (exact) mass is 291 g/mol. The third-order valence-electron chi connectivity index (χ3n) is 1.92. The van der Waals surface area contributed by atoms with Gasteiger partial charge in [-0.3, -0.25) is 9.59 Å². The van der Waals surface area contributed by atoms with E-state index in [1.807, 2.05) is 6.92 Å². The molecule has 0 aliphatic carbocycles. The molecule has 0 saturated carbocycles. The number of hydrogen-bond acceptors (Lipinski definition) is 6. The summed E-state index contributed by atoms with van der Waals surface area (Å²) in [5.41, 5.74) is 5.22. The van der Waals surface area contributed by atoms with E-state index in [2.05, 4.69) is 23.3 Å². The Kier molecular flexibility index (Phi) is 15.4. The Labute approximate surface area is 118 Å². The second-order valence-corrected chi connectivity index (χ2v) is 3.89. The average molecular weight is 291 g/mol. The van der Waals surface area contributed by atoms with Gasteiger partial charge < -0.3 is 26.0 Å². The van der Waals surface area contributed by atoms with Crippen molar-refractivity contribution in [2.75, 3.05) is 12.3 Å². The highest BCUT2D eigenvalue weighted by Gasteiger charge is 2.13. The van der Waals surface area contributed by atoms with Gasteiger partial charge in [-0.1, -0.05) is 13.3 Å². The molecule has 0 aliphatic rings. The maximum atomic E-state index is 11.0. The van der Waals surface area contributed by atoms with Gasteiger partial charge in [0, 0.05) is 5.75 Å². The molecule has 110 valence electrons. The lowest BCUT2D eigenvalue weighted by molar-refractivity contribution is -0.125. The lowest BCUT2D eigenvalue weighted by Crippen LogP contribution is -2.45. The Morgan fingerprint density at radius 1 is 1.37 bits per heavy atom. The topological polar surface area (TPSA) is 118 Å². The number of amides is 2. The zero-order chi connectivity index (χ0) is 15.1. The molecule has 0 aromatic heterocycles. The highest BCUT2D eigenvalue weighted by Crippen LogP contribution is 1.87. The molecule has 0 spiro atoms. The zero-order valence-corrected chi connectivity index (χ0v) is 11.8. The third-order valence-corrected chi connectivity index (χ3v) is 2.29. The minimum Gasteiger partial charge on any atom is -0.348 e. The van der Waals surface area contributed by atoms with E-state index in [0.29, 0.717) is 12.7 Å². The van der Waals surface area contributed by atoms with E-state index in [9.17, 15) is 19.2 Å². The number of nitrogens with one attached hydrogen (secondary N) is 2. The molecule has 2 amide bonds. The van der Waals surface area contributed by atoms with E-state index >= 15 is 0 Å². The Hall–Kier alpha value is -1.41. The van der Waals surface area contributed by atoms with Crippen LogP contribution in [0.15, 0.2) is 0 Å². The van der Waals surface area contributed by atoms with Gasteiger partial charge in [0.05, 0.1) is 12.6 Å². The molecule has 19 heavy (non-hydrogen) atoms. The van der Waals surface area contributed by atoms with Crippen LogP contribution < -0.4 is 16.4 Å². The van der Waals surface area contributed by atoms with E-state index in [0.717, 1.165) is 19.1 Å². The molecule has 0 aliphatic heterocycles. The van der Waals surface area contributed by atoms with Gasteiger partial charge >= 0.3 is 0 Å². The third kappa shape index (κ3) is 12.8. The van der Waals surface area contributed by atoms with E-state index in [1.165, 1.54) is 0 Å². The molecule has 0 bridgehead atoms. The number of carbonyl (C=O) groups is 4. The van der Waals surface area contributed by atoms with Crippen LogP contribution >= 0.6 is 12.6 Å². The van der Waals surface area contributed by atoms with Crippen molar-refractivity contribution in [2.45, 2.75) is 31.8 Å². The molecule has 0 rings (SSSR count). The fourth-order valence-corrected chi connectivity index (χ4v) is 1.23. The Balaban J connectivity index is 0. The molecular weight excluding hydrogens is 270 g/mol. The van der Waals surface area contributed by atoms with Crippen LogP contribution in [0.1, 0.15) is 19.8 Å². The average Bonchev–Trinajstić information content (AvgIpc) is 2.42. The summed E-state index contributed by atoms with van der Waals surface area (Å²) in [4.78, 5) is 40.6. The highest BCUT2D eigenvalue weighted by atomic mass is 32.1. The largest absolute Gasteiger partial charge is 0.348 e. The molecular formula is C11H21N3O4S. The standard InChI is InChI=1S/C6H10N2O3S.C5H11NO/c9-2-1-7-6(11)5(3-12)8-4-10;1-2-3-5(6)4-7/h2,4-5,12H,1,3H2,(H,7,11)(H,8,10);4-5H,2-3,6H2,1H3. The Morgan fingerprint density at radius 2 is 2.00 bits per heavy atom. The van der Waals surface area contributed by atoms with Gasteiger partial charge in [-0.05, 0) is 6.42 Å². The summed E-state index contributed by atoms with van der Waals surface area (Å²) in [6, 6.07) is -0.907. The Bertz CT molecular complexity index is 277. The minimum atomic E-state index is -0.675. The molecule has 7 nitrogen and oxygen atoms in total. The van der Waals surface area contributed by atoms with E-state index in [4.69, 9.17) is 5.73 Å². The smallest absolute Gasteiger partial charge is 0.243 e.